The minimum absolute atomic E-state index is 0.0230. The van der Waals surface area contributed by atoms with Crippen LogP contribution in [-0.4, -0.2) is 34.1 Å². The van der Waals surface area contributed by atoms with Gasteiger partial charge in [-0.15, -0.1) is 0 Å². The minimum Gasteiger partial charge on any atom is -0.493 e. The Morgan fingerprint density at radius 2 is 1.86 bits per heavy atom. The first-order chi connectivity index (χ1) is 9.76. The molecule has 0 bridgehead atoms. The van der Waals surface area contributed by atoms with E-state index in [2.05, 4.69) is 13.8 Å². The van der Waals surface area contributed by atoms with Gasteiger partial charge in [-0.05, 0) is 42.9 Å². The van der Waals surface area contributed by atoms with E-state index in [-0.39, 0.29) is 11.7 Å². The smallest absolute Gasteiger partial charge is 0.161 e. The Labute approximate surface area is 128 Å². The number of methoxy groups -OCH3 is 1. The standard InChI is InChI=1S/C16H26O4S/c1-6-20-16-10-13(7-8-15(16)19-4)14(9-12(2)3)11-21(5,17)18/h7-8,10,12,14H,6,9,11H2,1-5H3. The number of hydrogen-bond donors (Lipinski definition) is 0. The lowest BCUT2D eigenvalue weighted by atomic mass is 9.91. The summed E-state index contributed by atoms with van der Waals surface area (Å²) in [5.41, 5.74) is 0.985. The molecule has 0 N–H and O–H groups in total. The summed E-state index contributed by atoms with van der Waals surface area (Å²) in [6.45, 7) is 6.65. The van der Waals surface area contributed by atoms with Crippen LogP contribution >= 0.6 is 0 Å². The van der Waals surface area contributed by atoms with Crippen molar-refractivity contribution in [1.29, 1.82) is 0 Å². The third-order valence-corrected chi connectivity index (χ3v) is 4.23. The van der Waals surface area contributed by atoms with Crippen molar-refractivity contribution in [3.8, 4) is 11.5 Å². The van der Waals surface area contributed by atoms with Gasteiger partial charge in [0.2, 0.25) is 0 Å². The summed E-state index contributed by atoms with van der Waals surface area (Å²) in [7, 11) is -1.43. The first kappa shape index (κ1) is 17.8. The molecule has 1 rings (SSSR count). The van der Waals surface area contributed by atoms with E-state index >= 15 is 0 Å². The second kappa shape index (κ2) is 7.69. The van der Waals surface area contributed by atoms with E-state index in [4.69, 9.17) is 9.47 Å². The van der Waals surface area contributed by atoms with E-state index in [0.717, 1.165) is 12.0 Å². The normalized spacial score (nSPS) is 13.2. The molecule has 1 aromatic carbocycles. The van der Waals surface area contributed by atoms with Gasteiger partial charge in [-0.2, -0.15) is 0 Å². The van der Waals surface area contributed by atoms with Crippen molar-refractivity contribution >= 4 is 9.84 Å². The average Bonchev–Trinajstić information content (AvgIpc) is 2.36. The topological polar surface area (TPSA) is 52.6 Å². The summed E-state index contributed by atoms with van der Waals surface area (Å²) in [4.78, 5) is 0. The predicted octanol–water partition coefficient (Wildman–Crippen LogP) is 3.27. The number of ether oxygens (including phenoxy) is 2. The predicted molar refractivity (Wildman–Crippen MR) is 86.1 cm³/mol. The van der Waals surface area contributed by atoms with Crippen LogP contribution in [0.5, 0.6) is 11.5 Å². The molecule has 120 valence electrons. The Bertz CT molecular complexity index is 549. The van der Waals surface area contributed by atoms with Crippen LogP contribution in [0.2, 0.25) is 0 Å². The molecule has 0 spiro atoms. The van der Waals surface area contributed by atoms with Crippen molar-refractivity contribution in [3.05, 3.63) is 23.8 Å². The highest BCUT2D eigenvalue weighted by Gasteiger charge is 2.20. The number of hydrogen-bond acceptors (Lipinski definition) is 4. The van der Waals surface area contributed by atoms with Crippen LogP contribution in [0.15, 0.2) is 18.2 Å². The third-order valence-electron chi connectivity index (χ3n) is 3.22. The van der Waals surface area contributed by atoms with E-state index in [1.54, 1.807) is 7.11 Å². The Morgan fingerprint density at radius 3 is 2.33 bits per heavy atom. The van der Waals surface area contributed by atoms with E-state index in [1.165, 1.54) is 6.26 Å². The van der Waals surface area contributed by atoms with Gasteiger partial charge in [-0.25, -0.2) is 8.42 Å². The lowest BCUT2D eigenvalue weighted by molar-refractivity contribution is 0.310. The molecule has 1 unspecified atom stereocenters. The molecule has 0 amide bonds. The maximum atomic E-state index is 11.7. The molecule has 1 atom stereocenters. The Balaban J connectivity index is 3.14. The van der Waals surface area contributed by atoms with Crippen molar-refractivity contribution in [3.63, 3.8) is 0 Å². The zero-order chi connectivity index (χ0) is 16.0. The van der Waals surface area contributed by atoms with E-state index in [0.29, 0.717) is 24.0 Å². The summed E-state index contributed by atoms with van der Waals surface area (Å²) in [5.74, 6) is 1.89. The molecule has 0 aliphatic carbocycles. The lowest BCUT2D eigenvalue weighted by Gasteiger charge is -2.20. The number of benzene rings is 1. The van der Waals surface area contributed by atoms with Gasteiger partial charge < -0.3 is 9.47 Å². The molecule has 4 nitrogen and oxygen atoms in total. The molecule has 0 aliphatic heterocycles. The van der Waals surface area contributed by atoms with Crippen LogP contribution in [0, 0.1) is 5.92 Å². The molecular weight excluding hydrogens is 288 g/mol. The molecule has 21 heavy (non-hydrogen) atoms. The largest absolute Gasteiger partial charge is 0.493 e. The number of sulfone groups is 1. The maximum absolute atomic E-state index is 11.7. The van der Waals surface area contributed by atoms with Gasteiger partial charge in [-0.3, -0.25) is 0 Å². The fraction of sp³-hybridized carbons (Fsp3) is 0.625. The van der Waals surface area contributed by atoms with Crippen LogP contribution in [0.4, 0.5) is 0 Å². The number of rotatable bonds is 8. The molecule has 0 aromatic heterocycles. The Hall–Kier alpha value is -1.23. The maximum Gasteiger partial charge on any atom is 0.161 e. The molecule has 5 heteroatoms. The first-order valence-corrected chi connectivity index (χ1v) is 9.31. The summed E-state index contributed by atoms with van der Waals surface area (Å²) in [6, 6.07) is 5.68. The Kier molecular flexibility index (Phi) is 6.52. The average molecular weight is 314 g/mol. The van der Waals surface area contributed by atoms with Crippen LogP contribution in [0.25, 0.3) is 0 Å². The molecule has 0 heterocycles. The van der Waals surface area contributed by atoms with Gasteiger partial charge in [0.25, 0.3) is 0 Å². The molecule has 0 saturated carbocycles. The molecule has 0 radical (unpaired) electrons. The zero-order valence-corrected chi connectivity index (χ0v) is 14.4. The van der Waals surface area contributed by atoms with Gasteiger partial charge in [0, 0.05) is 6.26 Å². The van der Waals surface area contributed by atoms with Crippen molar-refractivity contribution in [2.45, 2.75) is 33.1 Å². The van der Waals surface area contributed by atoms with E-state index in [9.17, 15) is 8.42 Å². The third kappa shape index (κ3) is 5.96. The highest BCUT2D eigenvalue weighted by molar-refractivity contribution is 7.90. The van der Waals surface area contributed by atoms with Crippen LogP contribution in [0.3, 0.4) is 0 Å². The van der Waals surface area contributed by atoms with Crippen molar-refractivity contribution in [2.75, 3.05) is 25.7 Å². The van der Waals surface area contributed by atoms with Gasteiger partial charge in [0.05, 0.1) is 19.5 Å². The molecule has 0 saturated heterocycles. The second-order valence-electron chi connectivity index (χ2n) is 5.76. The van der Waals surface area contributed by atoms with E-state index in [1.807, 2.05) is 25.1 Å². The Morgan fingerprint density at radius 1 is 1.19 bits per heavy atom. The van der Waals surface area contributed by atoms with Gasteiger partial charge in [0.15, 0.2) is 11.5 Å². The second-order valence-corrected chi connectivity index (χ2v) is 7.95. The van der Waals surface area contributed by atoms with Gasteiger partial charge >= 0.3 is 0 Å². The highest BCUT2D eigenvalue weighted by atomic mass is 32.2. The summed E-state index contributed by atoms with van der Waals surface area (Å²) in [6.07, 6.45) is 2.11. The van der Waals surface area contributed by atoms with Crippen LogP contribution in [0.1, 0.15) is 38.7 Å². The fourth-order valence-corrected chi connectivity index (χ4v) is 3.51. The van der Waals surface area contributed by atoms with Crippen molar-refractivity contribution < 1.29 is 17.9 Å². The zero-order valence-electron chi connectivity index (χ0n) is 13.5. The molecular formula is C16H26O4S. The highest BCUT2D eigenvalue weighted by Crippen LogP contribution is 2.33. The van der Waals surface area contributed by atoms with Crippen molar-refractivity contribution in [1.82, 2.24) is 0 Å². The lowest BCUT2D eigenvalue weighted by Crippen LogP contribution is -2.15. The SMILES string of the molecule is CCOc1cc(C(CC(C)C)CS(C)(=O)=O)ccc1OC. The monoisotopic (exact) mass is 314 g/mol. The quantitative estimate of drug-likeness (QED) is 0.739. The first-order valence-electron chi connectivity index (χ1n) is 7.25. The summed E-state index contributed by atoms with van der Waals surface area (Å²) < 4.78 is 34.2. The van der Waals surface area contributed by atoms with Crippen LogP contribution in [-0.2, 0) is 9.84 Å². The van der Waals surface area contributed by atoms with Crippen molar-refractivity contribution in [2.24, 2.45) is 5.92 Å². The fourth-order valence-electron chi connectivity index (χ4n) is 2.45. The summed E-state index contributed by atoms with van der Waals surface area (Å²) >= 11 is 0. The van der Waals surface area contributed by atoms with E-state index < -0.39 is 9.84 Å². The van der Waals surface area contributed by atoms with Crippen LogP contribution < -0.4 is 9.47 Å². The molecule has 0 fully saturated rings. The molecule has 0 aliphatic rings. The molecule has 1 aromatic rings. The minimum atomic E-state index is -3.03. The summed E-state index contributed by atoms with van der Waals surface area (Å²) in [5, 5.41) is 0. The van der Waals surface area contributed by atoms with Gasteiger partial charge in [-0.1, -0.05) is 19.9 Å². The van der Waals surface area contributed by atoms with Gasteiger partial charge in [0.1, 0.15) is 9.84 Å².